The third-order valence-electron chi connectivity index (χ3n) is 5.13. The summed E-state index contributed by atoms with van der Waals surface area (Å²) < 4.78 is 11.7. The van der Waals surface area contributed by atoms with E-state index in [1.165, 1.54) is 5.56 Å². The minimum absolute atomic E-state index is 0.00349. The lowest BCUT2D eigenvalue weighted by molar-refractivity contribution is -0.0109. The predicted molar refractivity (Wildman–Crippen MR) is 115 cm³/mol. The Balaban J connectivity index is 1.77. The van der Waals surface area contributed by atoms with E-state index in [0.29, 0.717) is 5.75 Å². The van der Waals surface area contributed by atoms with Crippen LogP contribution in [-0.2, 0) is 10.2 Å². The molecule has 0 saturated heterocycles. The Kier molecular flexibility index (Phi) is 4.85. The zero-order chi connectivity index (χ0) is 20.6. The Hall–Kier alpha value is -2.82. The van der Waals surface area contributed by atoms with Crippen molar-refractivity contribution in [2.45, 2.75) is 59.2 Å². The first-order valence-corrected chi connectivity index (χ1v) is 10.2. The highest BCUT2D eigenvalue weighted by atomic mass is 16.7. The van der Waals surface area contributed by atoms with E-state index in [-0.39, 0.29) is 17.1 Å². The number of hydrogen-bond donors (Lipinski definition) is 0. The molecule has 4 rings (SSSR count). The van der Waals surface area contributed by atoms with Crippen molar-refractivity contribution in [1.82, 2.24) is 15.0 Å². The van der Waals surface area contributed by atoms with Gasteiger partial charge in [-0.05, 0) is 53.2 Å². The summed E-state index contributed by atoms with van der Waals surface area (Å²) in [6, 6.07) is 14.2. The molecule has 0 amide bonds. The van der Waals surface area contributed by atoms with E-state index < -0.39 is 0 Å². The summed E-state index contributed by atoms with van der Waals surface area (Å²) in [5, 5.41) is 9.37. The highest BCUT2D eigenvalue weighted by Crippen LogP contribution is 2.38. The van der Waals surface area contributed by atoms with Crippen LogP contribution in [0.1, 0.15) is 53.0 Å². The maximum absolute atomic E-state index is 6.14. The first-order chi connectivity index (χ1) is 13.7. The number of hydrogen-bond acceptors (Lipinski definition) is 4. The second-order valence-electron chi connectivity index (χ2n) is 9.57. The Morgan fingerprint density at radius 2 is 1.72 bits per heavy atom. The van der Waals surface area contributed by atoms with E-state index in [1.54, 1.807) is 11.1 Å². The lowest BCUT2D eigenvalue weighted by Gasteiger charge is -2.33. The minimum atomic E-state index is -0.313. The fraction of sp³-hybridized carbons (Fsp3) is 0.417. The summed E-state index contributed by atoms with van der Waals surface area (Å²) in [4.78, 5) is 1.68. The molecule has 3 aromatic rings. The van der Waals surface area contributed by atoms with Gasteiger partial charge >= 0.3 is 0 Å². The van der Waals surface area contributed by atoms with Gasteiger partial charge in [0, 0.05) is 6.42 Å². The molecule has 0 spiro atoms. The molecular weight excluding hydrogens is 362 g/mol. The third-order valence-corrected chi connectivity index (χ3v) is 5.13. The average Bonchev–Trinajstić information content (AvgIpc) is 3.29. The summed E-state index contributed by atoms with van der Waals surface area (Å²) in [6.07, 6.45) is 5.12. The van der Waals surface area contributed by atoms with Crippen LogP contribution in [-0.4, -0.2) is 21.3 Å². The highest BCUT2D eigenvalue weighted by Gasteiger charge is 2.29. The van der Waals surface area contributed by atoms with Gasteiger partial charge in [-0.3, -0.25) is 0 Å². The smallest absolute Gasteiger partial charge is 0.243 e. The second-order valence-corrected chi connectivity index (χ2v) is 9.57. The summed E-state index contributed by atoms with van der Waals surface area (Å²) in [5.74, 6) is 0.717. The topological polar surface area (TPSA) is 49.2 Å². The normalized spacial score (nSPS) is 16.9. The van der Waals surface area contributed by atoms with Crippen molar-refractivity contribution in [1.29, 1.82) is 0 Å². The Morgan fingerprint density at radius 3 is 2.31 bits per heavy atom. The molecule has 152 valence electrons. The molecule has 1 atom stereocenters. The average molecular weight is 392 g/mol. The van der Waals surface area contributed by atoms with E-state index in [1.807, 2.05) is 36.4 Å². The van der Waals surface area contributed by atoms with Crippen molar-refractivity contribution in [3.05, 3.63) is 60.4 Å². The van der Waals surface area contributed by atoms with Crippen LogP contribution in [0.25, 0.3) is 16.7 Å². The molecule has 0 saturated carbocycles. The number of rotatable bonds is 5. The summed E-state index contributed by atoms with van der Waals surface area (Å²) in [5.41, 5.74) is 4.01. The standard InChI is InChI=1S/C24H29N3O2/c1-23(2,3)16-24(4,5)17-12-13-21(29-22-11-8-14-28-22)20(15-17)27-25-18-9-6-7-10-19(18)26-27/h6-10,12-15,22H,11,16H2,1-5H3. The first-order valence-electron chi connectivity index (χ1n) is 10.2. The van der Waals surface area contributed by atoms with Crippen molar-refractivity contribution in [3.8, 4) is 11.4 Å². The van der Waals surface area contributed by atoms with Gasteiger partial charge in [0.15, 0.2) is 5.75 Å². The monoisotopic (exact) mass is 391 g/mol. The van der Waals surface area contributed by atoms with Gasteiger partial charge in [0.25, 0.3) is 0 Å². The maximum Gasteiger partial charge on any atom is 0.243 e. The van der Waals surface area contributed by atoms with Crippen LogP contribution in [0.5, 0.6) is 5.75 Å². The molecule has 1 aliphatic heterocycles. The van der Waals surface area contributed by atoms with Crippen LogP contribution in [0.3, 0.4) is 0 Å². The molecule has 0 aliphatic carbocycles. The number of fused-ring (bicyclic) bond motifs is 1. The van der Waals surface area contributed by atoms with Crippen LogP contribution in [0, 0.1) is 5.41 Å². The number of benzene rings is 2. The van der Waals surface area contributed by atoms with Gasteiger partial charge in [-0.25, -0.2) is 0 Å². The fourth-order valence-corrected chi connectivity index (χ4v) is 4.17. The van der Waals surface area contributed by atoms with Crippen molar-refractivity contribution >= 4 is 11.0 Å². The number of aromatic nitrogens is 3. The predicted octanol–water partition coefficient (Wildman–Crippen LogP) is 5.77. The molecular formula is C24H29N3O2. The molecule has 5 heteroatoms. The van der Waals surface area contributed by atoms with Gasteiger partial charge in [-0.1, -0.05) is 52.8 Å². The van der Waals surface area contributed by atoms with Crippen LogP contribution in [0.2, 0.25) is 0 Å². The zero-order valence-corrected chi connectivity index (χ0v) is 17.8. The first kappa shape index (κ1) is 19.5. The van der Waals surface area contributed by atoms with Crippen LogP contribution in [0.4, 0.5) is 0 Å². The largest absolute Gasteiger partial charge is 0.462 e. The van der Waals surface area contributed by atoms with Gasteiger partial charge in [0.2, 0.25) is 6.29 Å². The van der Waals surface area contributed by atoms with Gasteiger partial charge in [0.1, 0.15) is 16.7 Å². The van der Waals surface area contributed by atoms with E-state index in [4.69, 9.17) is 9.47 Å². The highest BCUT2D eigenvalue weighted by molar-refractivity contribution is 5.73. The molecule has 0 N–H and O–H groups in total. The van der Waals surface area contributed by atoms with Gasteiger partial charge in [0.05, 0.1) is 6.26 Å². The van der Waals surface area contributed by atoms with Gasteiger partial charge in [-0.15, -0.1) is 15.0 Å². The van der Waals surface area contributed by atoms with E-state index in [9.17, 15) is 0 Å². The molecule has 2 aromatic carbocycles. The van der Waals surface area contributed by atoms with Crippen LogP contribution >= 0.6 is 0 Å². The molecule has 1 aromatic heterocycles. The summed E-state index contributed by atoms with van der Waals surface area (Å²) in [7, 11) is 0. The molecule has 2 heterocycles. The zero-order valence-electron chi connectivity index (χ0n) is 17.8. The summed E-state index contributed by atoms with van der Waals surface area (Å²) >= 11 is 0. The minimum Gasteiger partial charge on any atom is -0.462 e. The Morgan fingerprint density at radius 1 is 1.03 bits per heavy atom. The van der Waals surface area contributed by atoms with Crippen molar-refractivity contribution < 1.29 is 9.47 Å². The van der Waals surface area contributed by atoms with Crippen molar-refractivity contribution in [3.63, 3.8) is 0 Å². The molecule has 29 heavy (non-hydrogen) atoms. The summed E-state index contributed by atoms with van der Waals surface area (Å²) in [6.45, 7) is 11.4. The van der Waals surface area contributed by atoms with Gasteiger partial charge in [-0.2, -0.15) is 0 Å². The fourth-order valence-electron chi connectivity index (χ4n) is 4.17. The Labute approximate surface area is 172 Å². The molecule has 1 aliphatic rings. The number of nitrogens with zero attached hydrogens (tertiary/aromatic N) is 3. The molecule has 0 bridgehead atoms. The molecule has 0 radical (unpaired) electrons. The molecule has 5 nitrogen and oxygen atoms in total. The molecule has 0 fully saturated rings. The van der Waals surface area contributed by atoms with Crippen LogP contribution in [0.15, 0.2) is 54.8 Å². The number of ether oxygens (including phenoxy) is 2. The maximum atomic E-state index is 6.14. The quantitative estimate of drug-likeness (QED) is 0.554. The molecule has 1 unspecified atom stereocenters. The van der Waals surface area contributed by atoms with E-state index in [0.717, 1.165) is 29.6 Å². The lowest BCUT2D eigenvalue weighted by atomic mass is 9.72. The van der Waals surface area contributed by atoms with E-state index in [2.05, 4.69) is 56.9 Å². The lowest BCUT2D eigenvalue weighted by Crippen LogP contribution is -2.25. The SMILES string of the molecule is CC(C)(C)CC(C)(C)c1ccc(OC2CC=CO2)c(-n2nc3ccccc3n2)c1. The third kappa shape index (κ3) is 4.29. The van der Waals surface area contributed by atoms with Crippen molar-refractivity contribution in [2.24, 2.45) is 5.41 Å². The second kappa shape index (κ2) is 7.21. The van der Waals surface area contributed by atoms with Gasteiger partial charge < -0.3 is 9.47 Å². The van der Waals surface area contributed by atoms with Crippen molar-refractivity contribution in [2.75, 3.05) is 0 Å². The van der Waals surface area contributed by atoms with Crippen LogP contribution < -0.4 is 4.74 Å². The van der Waals surface area contributed by atoms with E-state index >= 15 is 0 Å². The Bertz CT molecular complexity index is 1000.